The van der Waals surface area contributed by atoms with Gasteiger partial charge in [-0.15, -0.1) is 19.7 Å². The van der Waals surface area contributed by atoms with Gasteiger partial charge in [-0.3, -0.25) is 0 Å². The molecule has 0 spiro atoms. The number of hydrogen-bond acceptors (Lipinski definition) is 5. The summed E-state index contributed by atoms with van der Waals surface area (Å²) in [6, 6.07) is 3.56. The molecule has 0 N–H and O–H groups in total. The summed E-state index contributed by atoms with van der Waals surface area (Å²) in [7, 11) is 0. The lowest BCUT2D eigenvalue weighted by Crippen LogP contribution is -2.16. The molecule has 0 saturated carbocycles. The number of ether oxygens (including phenoxy) is 1. The molecule has 118 valence electrons. The van der Waals surface area contributed by atoms with Crippen LogP contribution in [0.4, 0.5) is 0 Å². The van der Waals surface area contributed by atoms with Crippen LogP contribution in [0.2, 0.25) is 0 Å². The summed E-state index contributed by atoms with van der Waals surface area (Å²) in [6.45, 7) is 12.0. The van der Waals surface area contributed by atoms with E-state index < -0.39 is 6.10 Å². The molecule has 0 aliphatic carbocycles. The number of nitriles is 2. The van der Waals surface area contributed by atoms with Gasteiger partial charge in [0, 0.05) is 19.5 Å². The summed E-state index contributed by atoms with van der Waals surface area (Å²) >= 11 is 0. The summed E-state index contributed by atoms with van der Waals surface area (Å²) in [6.07, 6.45) is 11.3. The fourth-order valence-corrected chi connectivity index (χ4v) is 1.28. The molecule has 0 saturated heterocycles. The van der Waals surface area contributed by atoms with E-state index in [1.165, 1.54) is 12.2 Å². The maximum Gasteiger partial charge on any atom is 0.131 e. The first-order valence-electron chi connectivity index (χ1n) is 6.55. The molecule has 0 aromatic heterocycles. The number of carbonyl (C=O) groups excluding carboxylic acids is 1. The minimum atomic E-state index is -0.588. The van der Waals surface area contributed by atoms with Crippen molar-refractivity contribution in [3.8, 4) is 12.1 Å². The third-order valence-electron chi connectivity index (χ3n) is 2.32. The Kier molecular flexibility index (Phi) is 10.5. The first kappa shape index (κ1) is 19.6. The van der Waals surface area contributed by atoms with Gasteiger partial charge >= 0.3 is 0 Å². The van der Waals surface area contributed by atoms with Crippen molar-refractivity contribution in [2.45, 2.75) is 6.10 Å². The van der Waals surface area contributed by atoms with Gasteiger partial charge in [0.15, 0.2) is 0 Å². The summed E-state index contributed by atoms with van der Waals surface area (Å²) in [4.78, 5) is 15.5. The Hall–Kier alpha value is -3.38. The molecule has 6 heteroatoms. The number of hydrogen-bond donors (Lipinski definition) is 0. The number of aliphatic imine (C=N–C) groups is 1. The van der Waals surface area contributed by atoms with Crippen LogP contribution in [0.15, 0.2) is 66.9 Å². The topological polar surface area (TPSA) is 89.5 Å². The van der Waals surface area contributed by atoms with E-state index in [1.807, 2.05) is 4.90 Å². The lowest BCUT2D eigenvalue weighted by Gasteiger charge is -2.14. The third kappa shape index (κ3) is 8.49. The number of rotatable bonds is 7. The standard InChI is InChI=1S/C12H13N3.C5H4NO2/c1-3-7-15(8-4-2)9-5-6-12(10-13)11-14;1-2-4-5(7)6-3-8-4/h3-6,9H,1-2,7-8H2;2,4H,1H2/q;-1. The van der Waals surface area contributed by atoms with Crippen molar-refractivity contribution in [1.29, 1.82) is 10.5 Å². The van der Waals surface area contributed by atoms with E-state index in [0.29, 0.717) is 13.1 Å². The smallest absolute Gasteiger partial charge is 0.131 e. The Morgan fingerprint density at radius 2 is 1.91 bits per heavy atom. The SMILES string of the molecule is C=CC1O[C-]=NC1=O.C=CCN(C=CC=C(C#N)C#N)CC=C. The summed E-state index contributed by atoms with van der Waals surface area (Å²) in [5.41, 5.74) is 0.0865. The maximum absolute atomic E-state index is 10.4. The summed E-state index contributed by atoms with van der Waals surface area (Å²) < 4.78 is 4.53. The van der Waals surface area contributed by atoms with Gasteiger partial charge in [0.2, 0.25) is 0 Å². The molecule has 23 heavy (non-hydrogen) atoms. The highest BCUT2D eigenvalue weighted by Crippen LogP contribution is 2.00. The van der Waals surface area contributed by atoms with Gasteiger partial charge in [-0.2, -0.15) is 10.5 Å². The molecule has 1 aliphatic rings. The number of allylic oxidation sites excluding steroid dienone is 3. The zero-order valence-electron chi connectivity index (χ0n) is 12.7. The minimum absolute atomic E-state index is 0.0865. The number of amides is 1. The molecule has 0 bridgehead atoms. The largest absolute Gasteiger partial charge is 0.574 e. The summed E-state index contributed by atoms with van der Waals surface area (Å²) in [5, 5.41) is 17.0. The average molecular weight is 309 g/mol. The van der Waals surface area contributed by atoms with Crippen molar-refractivity contribution in [1.82, 2.24) is 4.90 Å². The molecule has 0 radical (unpaired) electrons. The van der Waals surface area contributed by atoms with Crippen LogP contribution in [0.5, 0.6) is 0 Å². The predicted molar refractivity (Wildman–Crippen MR) is 87.9 cm³/mol. The fraction of sp³-hybridized carbons (Fsp3) is 0.176. The van der Waals surface area contributed by atoms with Gasteiger partial charge in [-0.25, -0.2) is 0 Å². The van der Waals surface area contributed by atoms with Crippen molar-refractivity contribution in [3.63, 3.8) is 0 Å². The molecule has 1 amide bonds. The zero-order chi connectivity index (χ0) is 17.5. The minimum Gasteiger partial charge on any atom is -0.574 e. The van der Waals surface area contributed by atoms with Gasteiger partial charge in [0.1, 0.15) is 29.7 Å². The highest BCUT2D eigenvalue weighted by atomic mass is 16.5. The van der Waals surface area contributed by atoms with Crippen molar-refractivity contribution < 1.29 is 9.53 Å². The van der Waals surface area contributed by atoms with E-state index in [-0.39, 0.29) is 11.5 Å². The normalized spacial score (nSPS) is 14.5. The molecule has 1 heterocycles. The van der Waals surface area contributed by atoms with Crippen LogP contribution in [0.3, 0.4) is 0 Å². The Morgan fingerprint density at radius 1 is 1.30 bits per heavy atom. The van der Waals surface area contributed by atoms with Crippen molar-refractivity contribution in [3.05, 3.63) is 61.9 Å². The Balaban J connectivity index is 0.000000502. The quantitative estimate of drug-likeness (QED) is 0.311. The molecule has 0 fully saturated rings. The molecule has 1 aliphatic heterocycles. The number of nitrogens with zero attached hydrogens (tertiary/aromatic N) is 4. The van der Waals surface area contributed by atoms with E-state index >= 15 is 0 Å². The van der Waals surface area contributed by atoms with Crippen LogP contribution in [0.25, 0.3) is 0 Å². The van der Waals surface area contributed by atoms with E-state index in [0.717, 1.165) is 0 Å². The Labute approximate surface area is 136 Å². The third-order valence-corrected chi connectivity index (χ3v) is 2.32. The molecule has 6 nitrogen and oxygen atoms in total. The van der Waals surface area contributed by atoms with Crippen LogP contribution in [0, 0.1) is 22.7 Å². The highest BCUT2D eigenvalue weighted by molar-refractivity contribution is 5.92. The second-order valence-corrected chi connectivity index (χ2v) is 3.99. The van der Waals surface area contributed by atoms with Crippen LogP contribution >= 0.6 is 0 Å². The predicted octanol–water partition coefficient (Wildman–Crippen LogP) is 2.15. The summed E-state index contributed by atoms with van der Waals surface area (Å²) in [5.74, 6) is -0.333. The van der Waals surface area contributed by atoms with Crippen LogP contribution in [0.1, 0.15) is 0 Å². The van der Waals surface area contributed by atoms with E-state index in [2.05, 4.69) is 35.9 Å². The second-order valence-electron chi connectivity index (χ2n) is 3.99. The lowest BCUT2D eigenvalue weighted by molar-refractivity contribution is -0.120. The molecule has 1 atom stereocenters. The first-order valence-corrected chi connectivity index (χ1v) is 6.55. The molecule has 1 unspecified atom stereocenters. The maximum atomic E-state index is 10.4. The Bertz CT molecular complexity index is 577. The van der Waals surface area contributed by atoms with Crippen LogP contribution in [-0.2, 0) is 9.53 Å². The highest BCUT2D eigenvalue weighted by Gasteiger charge is 2.06. The molecular formula is C17H17N4O2-. The first-order chi connectivity index (χ1) is 11.1. The van der Waals surface area contributed by atoms with Crippen LogP contribution < -0.4 is 0 Å². The van der Waals surface area contributed by atoms with Gasteiger partial charge < -0.3 is 19.4 Å². The van der Waals surface area contributed by atoms with Crippen molar-refractivity contribution in [2.75, 3.05) is 13.1 Å². The fourth-order valence-electron chi connectivity index (χ4n) is 1.28. The lowest BCUT2D eigenvalue weighted by atomic mass is 10.3. The molecule has 0 aromatic carbocycles. The molecular weight excluding hydrogens is 292 g/mol. The van der Waals surface area contributed by atoms with E-state index in [4.69, 9.17) is 10.5 Å². The van der Waals surface area contributed by atoms with Crippen LogP contribution in [-0.4, -0.2) is 36.4 Å². The number of carbonyl (C=O) groups is 1. The Morgan fingerprint density at radius 3 is 2.26 bits per heavy atom. The van der Waals surface area contributed by atoms with Gasteiger partial charge in [-0.05, 0) is 18.4 Å². The monoisotopic (exact) mass is 309 g/mol. The average Bonchev–Trinajstić information content (AvgIpc) is 2.98. The van der Waals surface area contributed by atoms with Crippen molar-refractivity contribution >= 4 is 12.3 Å². The zero-order valence-corrected chi connectivity index (χ0v) is 12.7. The van der Waals surface area contributed by atoms with E-state index in [1.54, 1.807) is 36.6 Å². The van der Waals surface area contributed by atoms with Gasteiger partial charge in [0.05, 0.1) is 0 Å². The second kappa shape index (κ2) is 12.4. The van der Waals surface area contributed by atoms with Gasteiger partial charge in [-0.1, -0.05) is 18.2 Å². The molecule has 1 rings (SSSR count). The van der Waals surface area contributed by atoms with Gasteiger partial charge in [0.25, 0.3) is 0 Å². The van der Waals surface area contributed by atoms with Crippen molar-refractivity contribution in [2.24, 2.45) is 4.99 Å². The van der Waals surface area contributed by atoms with E-state index in [9.17, 15) is 4.79 Å². The molecule has 0 aromatic rings.